The van der Waals surface area contributed by atoms with E-state index in [1.807, 2.05) is 0 Å². The second-order valence-corrected chi connectivity index (χ2v) is 2.99. The van der Waals surface area contributed by atoms with Crippen molar-refractivity contribution < 1.29 is 4.74 Å². The molecule has 0 aliphatic rings. The molecule has 0 aromatic heterocycles. The Labute approximate surface area is 76.8 Å². The molecule has 12 heavy (non-hydrogen) atoms. The molecule has 0 amide bonds. The molecule has 0 atom stereocenters. The molecule has 1 radical (unpaired) electrons. The zero-order valence-corrected chi connectivity index (χ0v) is 8.22. The first kappa shape index (κ1) is 11.7. The third-order valence-corrected chi connectivity index (χ3v) is 1.81. The Morgan fingerprint density at radius 3 is 2.50 bits per heavy atom. The summed E-state index contributed by atoms with van der Waals surface area (Å²) in [6.45, 7) is 2.98. The van der Waals surface area contributed by atoms with Crippen LogP contribution in [-0.4, -0.2) is 6.61 Å². The zero-order valence-electron chi connectivity index (χ0n) is 8.22. The Balaban J connectivity index is 2.86. The molecule has 0 unspecified atom stereocenters. The SMILES string of the molecule is [CH2]OCCCCCC/C=C/CC. The minimum Gasteiger partial charge on any atom is -0.379 e. The van der Waals surface area contributed by atoms with Gasteiger partial charge in [0.2, 0.25) is 0 Å². The fourth-order valence-electron chi connectivity index (χ4n) is 1.10. The van der Waals surface area contributed by atoms with Crippen LogP contribution in [0.1, 0.15) is 45.4 Å². The summed E-state index contributed by atoms with van der Waals surface area (Å²) in [4.78, 5) is 0. The number of unbranched alkanes of at least 4 members (excludes halogenated alkanes) is 4. The van der Waals surface area contributed by atoms with Crippen LogP contribution < -0.4 is 0 Å². The van der Waals surface area contributed by atoms with Crippen LogP contribution in [0.5, 0.6) is 0 Å². The molecule has 71 valence electrons. The highest BCUT2D eigenvalue weighted by molar-refractivity contribution is 4.79. The largest absolute Gasteiger partial charge is 0.379 e. The van der Waals surface area contributed by atoms with Crippen LogP contribution in [0.3, 0.4) is 0 Å². The highest BCUT2D eigenvalue weighted by Gasteiger charge is 1.87. The number of ether oxygens (including phenoxy) is 1. The van der Waals surface area contributed by atoms with Gasteiger partial charge in [0.15, 0.2) is 0 Å². The van der Waals surface area contributed by atoms with Gasteiger partial charge < -0.3 is 4.74 Å². The molecule has 0 saturated carbocycles. The summed E-state index contributed by atoms with van der Waals surface area (Å²) >= 11 is 0. The van der Waals surface area contributed by atoms with Crippen LogP contribution >= 0.6 is 0 Å². The maximum atomic E-state index is 4.72. The average Bonchev–Trinajstić information content (AvgIpc) is 2.10. The van der Waals surface area contributed by atoms with Crippen molar-refractivity contribution in [2.45, 2.75) is 45.4 Å². The Morgan fingerprint density at radius 2 is 1.83 bits per heavy atom. The van der Waals surface area contributed by atoms with E-state index in [0.29, 0.717) is 0 Å². The summed E-state index contributed by atoms with van der Waals surface area (Å²) in [7, 11) is 3.33. The molecule has 0 heterocycles. The first-order valence-electron chi connectivity index (χ1n) is 4.93. The Hall–Kier alpha value is -0.300. The first-order chi connectivity index (χ1) is 5.91. The van der Waals surface area contributed by atoms with Gasteiger partial charge in [-0.05, 0) is 25.7 Å². The highest BCUT2D eigenvalue weighted by Crippen LogP contribution is 2.03. The Morgan fingerprint density at radius 1 is 1.08 bits per heavy atom. The van der Waals surface area contributed by atoms with Gasteiger partial charge in [-0.1, -0.05) is 31.9 Å². The van der Waals surface area contributed by atoms with Gasteiger partial charge in [0.25, 0.3) is 0 Å². The molecule has 0 aromatic carbocycles. The molecule has 0 bridgehead atoms. The van der Waals surface area contributed by atoms with E-state index >= 15 is 0 Å². The van der Waals surface area contributed by atoms with Crippen molar-refractivity contribution in [3.05, 3.63) is 19.3 Å². The molecule has 1 nitrogen and oxygen atoms in total. The molecule has 1 heteroatoms. The van der Waals surface area contributed by atoms with E-state index < -0.39 is 0 Å². The molecule has 0 saturated heterocycles. The van der Waals surface area contributed by atoms with E-state index in [1.54, 1.807) is 0 Å². The standard InChI is InChI=1S/C11H21O/c1-3-4-5-6-7-8-9-10-11-12-2/h4-5H,2-3,6-11H2,1H3/b5-4+. The van der Waals surface area contributed by atoms with Crippen LogP contribution in [0.4, 0.5) is 0 Å². The quantitative estimate of drug-likeness (QED) is 0.397. The number of rotatable bonds is 8. The van der Waals surface area contributed by atoms with E-state index in [-0.39, 0.29) is 0 Å². The highest BCUT2D eigenvalue weighted by atomic mass is 16.5. The summed E-state index contributed by atoms with van der Waals surface area (Å²) in [5.74, 6) is 0. The van der Waals surface area contributed by atoms with Gasteiger partial charge in [-0.25, -0.2) is 0 Å². The van der Waals surface area contributed by atoms with Crippen molar-refractivity contribution in [1.29, 1.82) is 0 Å². The second kappa shape index (κ2) is 10.7. The average molecular weight is 169 g/mol. The predicted molar refractivity (Wildman–Crippen MR) is 53.8 cm³/mol. The maximum Gasteiger partial charge on any atom is 0.0700 e. The first-order valence-corrected chi connectivity index (χ1v) is 4.93. The van der Waals surface area contributed by atoms with Crippen LogP contribution in [0.25, 0.3) is 0 Å². The predicted octanol–water partition coefficient (Wildman–Crippen LogP) is 3.71. The Kier molecular flexibility index (Phi) is 10.4. The molecule has 0 N–H and O–H groups in total. The topological polar surface area (TPSA) is 9.23 Å². The van der Waals surface area contributed by atoms with Crippen molar-refractivity contribution in [3.63, 3.8) is 0 Å². The van der Waals surface area contributed by atoms with Gasteiger partial charge >= 0.3 is 0 Å². The van der Waals surface area contributed by atoms with Crippen molar-refractivity contribution in [2.75, 3.05) is 6.61 Å². The van der Waals surface area contributed by atoms with Crippen molar-refractivity contribution in [2.24, 2.45) is 0 Å². The van der Waals surface area contributed by atoms with E-state index in [4.69, 9.17) is 4.74 Å². The second-order valence-electron chi connectivity index (χ2n) is 2.99. The smallest absolute Gasteiger partial charge is 0.0700 e. The van der Waals surface area contributed by atoms with Gasteiger partial charge in [0, 0.05) is 6.61 Å². The van der Waals surface area contributed by atoms with Gasteiger partial charge in [0.05, 0.1) is 7.11 Å². The molecule has 0 aliphatic heterocycles. The normalized spacial score (nSPS) is 11.2. The zero-order chi connectivity index (χ0) is 9.07. The third kappa shape index (κ3) is 9.70. The van der Waals surface area contributed by atoms with Gasteiger partial charge in [-0.2, -0.15) is 0 Å². The van der Waals surface area contributed by atoms with Crippen LogP contribution in [0, 0.1) is 7.11 Å². The van der Waals surface area contributed by atoms with Gasteiger partial charge in [0.1, 0.15) is 0 Å². The summed E-state index contributed by atoms with van der Waals surface area (Å²) in [6, 6.07) is 0. The fourth-order valence-corrected chi connectivity index (χ4v) is 1.10. The lowest BCUT2D eigenvalue weighted by Gasteiger charge is -1.97. The van der Waals surface area contributed by atoms with Crippen LogP contribution in [0.15, 0.2) is 12.2 Å². The minimum absolute atomic E-state index is 0.810. The Bertz CT molecular complexity index is 97.2. The van der Waals surface area contributed by atoms with Gasteiger partial charge in [-0.15, -0.1) is 0 Å². The molecular formula is C11H21O. The number of hydrogen-bond acceptors (Lipinski definition) is 1. The summed E-state index contributed by atoms with van der Waals surface area (Å²) in [6.07, 6.45) is 12.0. The molecule has 0 aromatic rings. The minimum atomic E-state index is 0.810. The molecule has 0 rings (SSSR count). The summed E-state index contributed by atoms with van der Waals surface area (Å²) in [5, 5.41) is 0. The lowest BCUT2D eigenvalue weighted by atomic mass is 10.1. The van der Waals surface area contributed by atoms with Gasteiger partial charge in [-0.3, -0.25) is 0 Å². The third-order valence-electron chi connectivity index (χ3n) is 1.81. The van der Waals surface area contributed by atoms with Crippen LogP contribution in [0.2, 0.25) is 0 Å². The molecule has 0 aliphatic carbocycles. The maximum absolute atomic E-state index is 4.72. The lowest BCUT2D eigenvalue weighted by molar-refractivity contribution is 0.233. The van der Waals surface area contributed by atoms with Crippen LogP contribution in [-0.2, 0) is 4.74 Å². The molecular weight excluding hydrogens is 148 g/mol. The van der Waals surface area contributed by atoms with Crippen molar-refractivity contribution in [1.82, 2.24) is 0 Å². The molecule has 0 spiro atoms. The van der Waals surface area contributed by atoms with E-state index in [1.165, 1.54) is 25.7 Å². The van der Waals surface area contributed by atoms with E-state index in [9.17, 15) is 0 Å². The van der Waals surface area contributed by atoms with E-state index in [0.717, 1.165) is 19.4 Å². The van der Waals surface area contributed by atoms with E-state index in [2.05, 4.69) is 26.2 Å². The van der Waals surface area contributed by atoms with Crippen molar-refractivity contribution >= 4 is 0 Å². The fraction of sp³-hybridized carbons (Fsp3) is 0.727. The van der Waals surface area contributed by atoms with Crippen molar-refractivity contribution in [3.8, 4) is 0 Å². The summed E-state index contributed by atoms with van der Waals surface area (Å²) in [5.41, 5.74) is 0. The summed E-state index contributed by atoms with van der Waals surface area (Å²) < 4.78 is 4.72. The molecule has 0 fully saturated rings. The number of hydrogen-bond donors (Lipinski definition) is 0. The number of allylic oxidation sites excluding steroid dienone is 2. The lowest BCUT2D eigenvalue weighted by Crippen LogP contribution is -1.86. The monoisotopic (exact) mass is 169 g/mol.